The van der Waals surface area contributed by atoms with Crippen molar-refractivity contribution in [3.63, 3.8) is 0 Å². The molecule has 1 fully saturated rings. The third kappa shape index (κ3) is 2.93. The lowest BCUT2D eigenvalue weighted by atomic mass is 10.0. The van der Waals surface area contributed by atoms with Crippen LogP contribution in [-0.2, 0) is 23.2 Å². The van der Waals surface area contributed by atoms with Gasteiger partial charge in [0.15, 0.2) is 0 Å². The summed E-state index contributed by atoms with van der Waals surface area (Å²) in [4.78, 5) is 0. The van der Waals surface area contributed by atoms with E-state index in [0.29, 0.717) is 37.8 Å². The van der Waals surface area contributed by atoms with Crippen LogP contribution in [0, 0.1) is 5.92 Å². The largest absolute Gasteiger partial charge is 0.399 e. The Morgan fingerprint density at radius 3 is 2.52 bits per heavy atom. The monoisotopic (exact) mass is 309 g/mol. The average Bonchev–Trinajstić information content (AvgIpc) is 2.47. The van der Waals surface area contributed by atoms with Gasteiger partial charge in [-0.2, -0.15) is 17.0 Å². The van der Waals surface area contributed by atoms with Crippen LogP contribution < -0.4 is 5.73 Å². The third-order valence-electron chi connectivity index (χ3n) is 4.60. The lowest BCUT2D eigenvalue weighted by Gasteiger charge is -2.36. The van der Waals surface area contributed by atoms with Gasteiger partial charge in [-0.25, -0.2) is 0 Å². The Kier molecular flexibility index (Phi) is 3.94. The molecule has 1 saturated heterocycles. The topological polar surface area (TPSA) is 66.6 Å². The number of anilines is 1. The molecule has 0 aromatic heterocycles. The predicted octanol–water partition coefficient (Wildman–Crippen LogP) is 1.60. The number of rotatable bonds is 2. The highest BCUT2D eigenvalue weighted by Gasteiger charge is 2.33. The Labute approximate surface area is 126 Å². The number of piperidine rings is 1. The Hall–Kier alpha value is -1.11. The molecule has 0 bridgehead atoms. The zero-order valence-corrected chi connectivity index (χ0v) is 13.3. The molecule has 0 amide bonds. The molecule has 0 atom stereocenters. The summed E-state index contributed by atoms with van der Waals surface area (Å²) in [6.07, 6.45) is 2.67. The van der Waals surface area contributed by atoms with Crippen molar-refractivity contribution in [3.8, 4) is 0 Å². The molecule has 6 heteroatoms. The lowest BCUT2D eigenvalue weighted by molar-refractivity contribution is 0.260. The zero-order valence-electron chi connectivity index (χ0n) is 12.5. The van der Waals surface area contributed by atoms with Gasteiger partial charge in [-0.05, 0) is 48.4 Å². The Bertz CT molecular complexity index is 622. The first-order chi connectivity index (χ1) is 9.96. The number of hydrogen-bond acceptors (Lipinski definition) is 3. The highest BCUT2D eigenvalue weighted by Crippen LogP contribution is 2.26. The first kappa shape index (κ1) is 14.8. The fourth-order valence-corrected chi connectivity index (χ4v) is 4.75. The second-order valence-electron chi connectivity index (χ2n) is 6.20. The quantitative estimate of drug-likeness (QED) is 0.844. The van der Waals surface area contributed by atoms with Crippen LogP contribution >= 0.6 is 0 Å². The molecule has 0 spiro atoms. The van der Waals surface area contributed by atoms with Crippen LogP contribution in [0.15, 0.2) is 18.2 Å². The summed E-state index contributed by atoms with van der Waals surface area (Å²) >= 11 is 0. The number of nitrogens with two attached hydrogens (primary N) is 1. The SMILES string of the molecule is CC1CCN(S(=O)(=O)N2CCc3ccc(N)cc3C2)CC1. The number of fused-ring (bicyclic) bond motifs is 1. The molecule has 0 unspecified atom stereocenters. The maximum absolute atomic E-state index is 12.8. The van der Waals surface area contributed by atoms with Crippen LogP contribution in [0.2, 0.25) is 0 Å². The van der Waals surface area contributed by atoms with Gasteiger partial charge in [0.05, 0.1) is 0 Å². The van der Waals surface area contributed by atoms with E-state index in [1.54, 1.807) is 8.61 Å². The van der Waals surface area contributed by atoms with E-state index in [0.717, 1.165) is 24.8 Å². The fraction of sp³-hybridized carbons (Fsp3) is 0.600. The molecule has 2 N–H and O–H groups in total. The van der Waals surface area contributed by atoms with Crippen LogP contribution in [-0.4, -0.2) is 36.7 Å². The molecule has 2 aliphatic rings. The molecule has 2 heterocycles. The highest BCUT2D eigenvalue weighted by molar-refractivity contribution is 7.86. The second kappa shape index (κ2) is 5.59. The van der Waals surface area contributed by atoms with E-state index >= 15 is 0 Å². The predicted molar refractivity (Wildman–Crippen MR) is 83.9 cm³/mol. The fourth-order valence-electron chi connectivity index (χ4n) is 3.13. The minimum absolute atomic E-state index is 0.439. The Morgan fingerprint density at radius 2 is 1.81 bits per heavy atom. The molecule has 116 valence electrons. The van der Waals surface area contributed by atoms with Crippen molar-refractivity contribution in [2.75, 3.05) is 25.4 Å². The number of hydrogen-bond donors (Lipinski definition) is 1. The normalized spacial score (nSPS) is 22.1. The number of nitrogens with zero attached hydrogens (tertiary/aromatic N) is 2. The Balaban J connectivity index is 1.78. The molecule has 3 rings (SSSR count). The van der Waals surface area contributed by atoms with E-state index in [4.69, 9.17) is 5.73 Å². The molecule has 21 heavy (non-hydrogen) atoms. The van der Waals surface area contributed by atoms with E-state index in [9.17, 15) is 8.42 Å². The Morgan fingerprint density at radius 1 is 1.10 bits per heavy atom. The van der Waals surface area contributed by atoms with Crippen LogP contribution in [0.1, 0.15) is 30.9 Å². The van der Waals surface area contributed by atoms with Crippen molar-refractivity contribution in [2.24, 2.45) is 5.92 Å². The number of nitrogen functional groups attached to an aromatic ring is 1. The minimum Gasteiger partial charge on any atom is -0.399 e. The van der Waals surface area contributed by atoms with Crippen molar-refractivity contribution in [1.82, 2.24) is 8.61 Å². The van der Waals surface area contributed by atoms with Crippen LogP contribution in [0.4, 0.5) is 5.69 Å². The molecule has 0 aliphatic carbocycles. The summed E-state index contributed by atoms with van der Waals surface area (Å²) in [7, 11) is -3.34. The maximum atomic E-state index is 12.8. The third-order valence-corrected chi connectivity index (χ3v) is 6.58. The van der Waals surface area contributed by atoms with Crippen LogP contribution in [0.5, 0.6) is 0 Å². The molecule has 1 aromatic carbocycles. The smallest absolute Gasteiger partial charge is 0.282 e. The van der Waals surface area contributed by atoms with Gasteiger partial charge in [-0.15, -0.1) is 0 Å². The summed E-state index contributed by atoms with van der Waals surface area (Å²) in [5.41, 5.74) is 8.76. The maximum Gasteiger partial charge on any atom is 0.282 e. The van der Waals surface area contributed by atoms with Gasteiger partial charge >= 0.3 is 0 Å². The van der Waals surface area contributed by atoms with Crippen LogP contribution in [0.25, 0.3) is 0 Å². The molecular weight excluding hydrogens is 286 g/mol. The summed E-state index contributed by atoms with van der Waals surface area (Å²) in [6.45, 7) is 4.47. The highest BCUT2D eigenvalue weighted by atomic mass is 32.2. The van der Waals surface area contributed by atoms with Gasteiger partial charge in [-0.3, -0.25) is 0 Å². The van der Waals surface area contributed by atoms with Gasteiger partial charge in [-0.1, -0.05) is 13.0 Å². The van der Waals surface area contributed by atoms with Crippen molar-refractivity contribution in [1.29, 1.82) is 0 Å². The first-order valence-corrected chi connectivity index (χ1v) is 8.99. The van der Waals surface area contributed by atoms with E-state index in [-0.39, 0.29) is 0 Å². The van der Waals surface area contributed by atoms with E-state index in [1.807, 2.05) is 18.2 Å². The number of benzene rings is 1. The first-order valence-electron chi connectivity index (χ1n) is 7.59. The van der Waals surface area contributed by atoms with Gasteiger partial charge in [0.2, 0.25) is 0 Å². The lowest BCUT2D eigenvalue weighted by Crippen LogP contribution is -2.48. The summed E-state index contributed by atoms with van der Waals surface area (Å²) in [5, 5.41) is 0. The second-order valence-corrected chi connectivity index (χ2v) is 8.13. The molecular formula is C15H23N3O2S. The zero-order chi connectivity index (χ0) is 15.0. The standard InChI is InChI=1S/C15H23N3O2S/c1-12-4-7-17(8-5-12)21(19,20)18-9-6-13-2-3-15(16)10-14(13)11-18/h2-3,10,12H,4-9,11,16H2,1H3. The van der Waals surface area contributed by atoms with E-state index in [2.05, 4.69) is 6.92 Å². The van der Waals surface area contributed by atoms with Gasteiger partial charge in [0.25, 0.3) is 10.2 Å². The molecule has 0 radical (unpaired) electrons. The average molecular weight is 309 g/mol. The van der Waals surface area contributed by atoms with Crippen LogP contribution in [0.3, 0.4) is 0 Å². The molecule has 5 nitrogen and oxygen atoms in total. The van der Waals surface area contributed by atoms with E-state index in [1.165, 1.54) is 5.56 Å². The summed E-state index contributed by atoms with van der Waals surface area (Å²) < 4.78 is 28.8. The van der Waals surface area contributed by atoms with Crippen molar-refractivity contribution < 1.29 is 8.42 Å². The molecule has 2 aliphatic heterocycles. The van der Waals surface area contributed by atoms with Gasteiger partial charge < -0.3 is 5.73 Å². The minimum atomic E-state index is -3.34. The van der Waals surface area contributed by atoms with Crippen molar-refractivity contribution in [3.05, 3.63) is 29.3 Å². The van der Waals surface area contributed by atoms with Gasteiger partial charge in [0.1, 0.15) is 0 Å². The summed E-state index contributed by atoms with van der Waals surface area (Å²) in [5.74, 6) is 0.623. The summed E-state index contributed by atoms with van der Waals surface area (Å²) in [6, 6.07) is 5.79. The molecule has 0 saturated carbocycles. The van der Waals surface area contributed by atoms with Crippen molar-refractivity contribution >= 4 is 15.9 Å². The van der Waals surface area contributed by atoms with Crippen molar-refractivity contribution in [2.45, 2.75) is 32.7 Å². The molecule has 1 aromatic rings. The van der Waals surface area contributed by atoms with E-state index < -0.39 is 10.2 Å². The van der Waals surface area contributed by atoms with Gasteiger partial charge in [0, 0.05) is 31.9 Å².